The predicted octanol–water partition coefficient (Wildman–Crippen LogP) is 2.35. The van der Waals surface area contributed by atoms with Crippen LogP contribution in [0.3, 0.4) is 0 Å². The van der Waals surface area contributed by atoms with Crippen molar-refractivity contribution < 1.29 is 9.90 Å². The molecule has 0 aliphatic heterocycles. The minimum atomic E-state index is -0.997. The molecule has 0 bridgehead atoms. The zero-order valence-corrected chi connectivity index (χ0v) is 9.71. The highest BCUT2D eigenvalue weighted by Gasteiger charge is 2.17. The van der Waals surface area contributed by atoms with Crippen LogP contribution in [0.1, 0.15) is 35.1 Å². The number of hydrogen-bond acceptors (Lipinski definition) is 4. The van der Waals surface area contributed by atoms with Crippen LogP contribution in [0.2, 0.25) is 0 Å². The minimum absolute atomic E-state index is 0.153. The normalized spacial score (nSPS) is 10.9. The lowest BCUT2D eigenvalue weighted by molar-refractivity contribution is 0.0698. The van der Waals surface area contributed by atoms with Gasteiger partial charge in [-0.25, -0.2) is 9.78 Å². The maximum absolute atomic E-state index is 10.9. The van der Waals surface area contributed by atoms with Gasteiger partial charge < -0.3 is 5.11 Å². The number of carbonyl (C=O) groups is 1. The van der Waals surface area contributed by atoms with E-state index >= 15 is 0 Å². The molecule has 0 aliphatic rings. The second kappa shape index (κ2) is 4.05. The fourth-order valence-corrected chi connectivity index (χ4v) is 2.14. The molecule has 2 rings (SSSR count). The number of nitrogens with one attached hydrogen (secondary N) is 1. The molecule has 0 aliphatic carbocycles. The van der Waals surface area contributed by atoms with Gasteiger partial charge in [0.1, 0.15) is 11.3 Å². The molecule has 0 unspecified atom stereocenters. The fourth-order valence-electron chi connectivity index (χ4n) is 1.31. The molecule has 0 saturated heterocycles. The maximum atomic E-state index is 10.9. The van der Waals surface area contributed by atoms with Crippen LogP contribution in [0.15, 0.2) is 11.6 Å². The molecule has 0 spiro atoms. The molecule has 0 atom stereocenters. The Morgan fingerprint density at radius 1 is 1.56 bits per heavy atom. The zero-order valence-electron chi connectivity index (χ0n) is 8.89. The second-order valence-electron chi connectivity index (χ2n) is 3.69. The van der Waals surface area contributed by atoms with Gasteiger partial charge in [0.15, 0.2) is 0 Å². The van der Waals surface area contributed by atoms with E-state index in [4.69, 9.17) is 5.11 Å². The van der Waals surface area contributed by atoms with E-state index in [2.05, 4.69) is 15.2 Å². The van der Waals surface area contributed by atoms with Crippen LogP contribution >= 0.6 is 11.3 Å². The molecule has 2 N–H and O–H groups in total. The Labute approximate surface area is 96.2 Å². The molecular formula is C10H11N3O2S. The standard InChI is InChI=1S/C10H11N3O2S/c1-5(2)9-12-7(4-16-9)8-6(10(14)15)3-11-13-8/h3-5H,1-2H3,(H,11,13)(H,14,15). The summed E-state index contributed by atoms with van der Waals surface area (Å²) in [7, 11) is 0. The summed E-state index contributed by atoms with van der Waals surface area (Å²) in [5, 5.41) is 18.2. The van der Waals surface area contributed by atoms with Crippen molar-refractivity contribution in [2.24, 2.45) is 0 Å². The van der Waals surface area contributed by atoms with Gasteiger partial charge >= 0.3 is 5.97 Å². The quantitative estimate of drug-likeness (QED) is 0.858. The van der Waals surface area contributed by atoms with E-state index in [1.807, 2.05) is 19.2 Å². The summed E-state index contributed by atoms with van der Waals surface area (Å²) in [6.07, 6.45) is 1.30. The van der Waals surface area contributed by atoms with E-state index in [0.717, 1.165) is 5.01 Å². The molecule has 0 radical (unpaired) electrons. The van der Waals surface area contributed by atoms with Crippen molar-refractivity contribution in [2.45, 2.75) is 19.8 Å². The van der Waals surface area contributed by atoms with Gasteiger partial charge in [0.2, 0.25) is 0 Å². The van der Waals surface area contributed by atoms with E-state index in [9.17, 15) is 4.79 Å². The number of H-pyrrole nitrogens is 1. The van der Waals surface area contributed by atoms with Crippen molar-refractivity contribution in [3.63, 3.8) is 0 Å². The molecule has 2 aromatic heterocycles. The molecule has 5 nitrogen and oxygen atoms in total. The van der Waals surface area contributed by atoms with Crippen molar-refractivity contribution in [3.8, 4) is 11.4 Å². The maximum Gasteiger partial charge on any atom is 0.339 e. The van der Waals surface area contributed by atoms with E-state index in [1.165, 1.54) is 17.5 Å². The summed E-state index contributed by atoms with van der Waals surface area (Å²) in [6.45, 7) is 4.10. The molecule has 0 saturated carbocycles. The third kappa shape index (κ3) is 1.83. The van der Waals surface area contributed by atoms with Gasteiger partial charge in [-0.3, -0.25) is 5.10 Å². The van der Waals surface area contributed by atoms with Gasteiger partial charge in [-0.05, 0) is 0 Å². The summed E-state index contributed by atoms with van der Waals surface area (Å²) in [6, 6.07) is 0. The number of hydrogen-bond donors (Lipinski definition) is 2. The molecule has 2 heterocycles. The number of nitrogens with zero attached hydrogens (tertiary/aromatic N) is 2. The van der Waals surface area contributed by atoms with Gasteiger partial charge in [0, 0.05) is 11.3 Å². The lowest BCUT2D eigenvalue weighted by Gasteiger charge is -1.97. The van der Waals surface area contributed by atoms with Crippen molar-refractivity contribution >= 4 is 17.3 Å². The van der Waals surface area contributed by atoms with E-state index in [0.29, 0.717) is 17.3 Å². The topological polar surface area (TPSA) is 78.9 Å². The van der Waals surface area contributed by atoms with Gasteiger partial charge in [-0.2, -0.15) is 5.10 Å². The highest BCUT2D eigenvalue weighted by Crippen LogP contribution is 2.26. The van der Waals surface area contributed by atoms with Crippen molar-refractivity contribution in [3.05, 3.63) is 22.1 Å². The Morgan fingerprint density at radius 2 is 2.31 bits per heavy atom. The first-order valence-electron chi connectivity index (χ1n) is 4.82. The molecule has 84 valence electrons. The Hall–Kier alpha value is -1.69. The molecule has 2 aromatic rings. The van der Waals surface area contributed by atoms with Gasteiger partial charge in [-0.1, -0.05) is 13.8 Å². The highest BCUT2D eigenvalue weighted by atomic mass is 32.1. The van der Waals surface area contributed by atoms with Crippen molar-refractivity contribution in [2.75, 3.05) is 0 Å². The number of aromatic nitrogens is 3. The van der Waals surface area contributed by atoms with Crippen molar-refractivity contribution in [1.82, 2.24) is 15.2 Å². The number of thiazole rings is 1. The first kappa shape index (κ1) is 10.8. The summed E-state index contributed by atoms with van der Waals surface area (Å²) in [5.41, 5.74) is 1.26. The average Bonchev–Trinajstić information content (AvgIpc) is 2.86. The van der Waals surface area contributed by atoms with Gasteiger partial charge in [-0.15, -0.1) is 11.3 Å². The Balaban J connectivity index is 2.42. The number of aromatic carboxylic acids is 1. The third-order valence-electron chi connectivity index (χ3n) is 2.14. The van der Waals surface area contributed by atoms with Gasteiger partial charge in [0.25, 0.3) is 0 Å². The Bertz CT molecular complexity index is 516. The fraction of sp³-hybridized carbons (Fsp3) is 0.300. The largest absolute Gasteiger partial charge is 0.478 e. The zero-order chi connectivity index (χ0) is 11.7. The molecule has 0 amide bonds. The van der Waals surface area contributed by atoms with E-state index in [1.54, 1.807) is 0 Å². The van der Waals surface area contributed by atoms with Crippen LogP contribution in [-0.4, -0.2) is 26.3 Å². The highest BCUT2D eigenvalue weighted by molar-refractivity contribution is 7.10. The Morgan fingerprint density at radius 3 is 2.88 bits per heavy atom. The monoisotopic (exact) mass is 237 g/mol. The van der Waals surface area contributed by atoms with Crippen molar-refractivity contribution in [1.29, 1.82) is 0 Å². The third-order valence-corrected chi connectivity index (χ3v) is 3.29. The van der Waals surface area contributed by atoms with Crippen LogP contribution in [0.5, 0.6) is 0 Å². The number of carboxylic acids is 1. The molecule has 16 heavy (non-hydrogen) atoms. The van der Waals surface area contributed by atoms with E-state index in [-0.39, 0.29) is 5.56 Å². The summed E-state index contributed by atoms with van der Waals surface area (Å²) in [5.74, 6) is -0.655. The summed E-state index contributed by atoms with van der Waals surface area (Å²) in [4.78, 5) is 15.3. The summed E-state index contributed by atoms with van der Waals surface area (Å²) >= 11 is 1.52. The first-order chi connectivity index (χ1) is 7.59. The van der Waals surface area contributed by atoms with Crippen LogP contribution in [0, 0.1) is 0 Å². The van der Waals surface area contributed by atoms with Crippen LogP contribution in [0.4, 0.5) is 0 Å². The lowest BCUT2D eigenvalue weighted by Crippen LogP contribution is -1.97. The van der Waals surface area contributed by atoms with Crippen LogP contribution in [-0.2, 0) is 0 Å². The first-order valence-corrected chi connectivity index (χ1v) is 5.70. The molecule has 0 fully saturated rings. The lowest BCUT2D eigenvalue weighted by atomic mass is 10.2. The molecule has 6 heteroatoms. The van der Waals surface area contributed by atoms with Gasteiger partial charge in [0.05, 0.1) is 16.9 Å². The molecule has 0 aromatic carbocycles. The second-order valence-corrected chi connectivity index (χ2v) is 4.58. The SMILES string of the molecule is CC(C)c1nc(-c2[nH]ncc2C(=O)O)cs1. The number of aromatic amines is 1. The average molecular weight is 237 g/mol. The number of rotatable bonds is 3. The molecular weight excluding hydrogens is 226 g/mol. The smallest absolute Gasteiger partial charge is 0.339 e. The Kier molecular flexibility index (Phi) is 2.74. The van der Waals surface area contributed by atoms with Crippen LogP contribution in [0.25, 0.3) is 11.4 Å². The van der Waals surface area contributed by atoms with Crippen LogP contribution < -0.4 is 0 Å². The minimum Gasteiger partial charge on any atom is -0.478 e. The predicted molar refractivity (Wildman–Crippen MR) is 60.7 cm³/mol. The number of carboxylic acid groups (broad SMARTS) is 1. The summed E-state index contributed by atoms with van der Waals surface area (Å²) < 4.78 is 0. The van der Waals surface area contributed by atoms with E-state index < -0.39 is 5.97 Å².